The normalized spacial score (nSPS) is 10.5. The van der Waals surface area contributed by atoms with Gasteiger partial charge in [0.1, 0.15) is 17.2 Å². The van der Waals surface area contributed by atoms with E-state index in [1.807, 2.05) is 0 Å². The second kappa shape index (κ2) is 6.98. The highest BCUT2D eigenvalue weighted by Gasteiger charge is 2.23. The van der Waals surface area contributed by atoms with Crippen LogP contribution in [0.25, 0.3) is 0 Å². The first-order valence-corrected chi connectivity index (χ1v) is 6.39. The predicted molar refractivity (Wildman–Crippen MR) is 71.2 cm³/mol. The molecule has 0 heterocycles. The van der Waals surface area contributed by atoms with Crippen molar-refractivity contribution in [2.24, 2.45) is 0 Å². The molecule has 0 fully saturated rings. The van der Waals surface area contributed by atoms with Crippen LogP contribution in [0.15, 0.2) is 18.2 Å². The van der Waals surface area contributed by atoms with E-state index in [1.54, 1.807) is 20.8 Å². The van der Waals surface area contributed by atoms with Gasteiger partial charge in [0.15, 0.2) is 0 Å². The van der Waals surface area contributed by atoms with E-state index in [1.165, 1.54) is 6.07 Å². The fourth-order valence-electron chi connectivity index (χ4n) is 1.73. The third-order valence-electron chi connectivity index (χ3n) is 2.63. The number of carbonyl (C=O) groups excluding carboxylic acids is 2. The monoisotopic (exact) mass is 284 g/mol. The molecule has 0 aliphatic heterocycles. The second-order valence-electron chi connectivity index (χ2n) is 4.64. The highest BCUT2D eigenvalue weighted by molar-refractivity contribution is 5.97. The maximum Gasteiger partial charge on any atom is 0.260 e. The maximum absolute atomic E-state index is 13.6. The number of nitrogens with one attached hydrogen (secondary N) is 1. The summed E-state index contributed by atoms with van der Waals surface area (Å²) in [5.74, 6) is -3.07. The predicted octanol–water partition coefficient (Wildman–Crippen LogP) is 1.95. The van der Waals surface area contributed by atoms with Crippen LogP contribution in [0.1, 0.15) is 31.1 Å². The van der Waals surface area contributed by atoms with Crippen LogP contribution in [0.2, 0.25) is 0 Å². The van der Waals surface area contributed by atoms with Gasteiger partial charge in [-0.05, 0) is 32.9 Å². The second-order valence-corrected chi connectivity index (χ2v) is 4.64. The SMILES string of the molecule is CCN(CC(=O)NC(C)C)C(=O)c1c(F)cccc1F. The lowest BCUT2D eigenvalue weighted by atomic mass is 10.1. The average Bonchev–Trinajstić information content (AvgIpc) is 2.34. The summed E-state index contributed by atoms with van der Waals surface area (Å²) in [6.07, 6.45) is 0. The number of hydrogen-bond donors (Lipinski definition) is 1. The quantitative estimate of drug-likeness (QED) is 0.898. The molecule has 0 unspecified atom stereocenters. The molecule has 1 aromatic carbocycles. The Kier molecular flexibility index (Phi) is 5.61. The van der Waals surface area contributed by atoms with Gasteiger partial charge in [-0.25, -0.2) is 8.78 Å². The van der Waals surface area contributed by atoms with Gasteiger partial charge < -0.3 is 10.2 Å². The van der Waals surface area contributed by atoms with Crippen molar-refractivity contribution in [1.82, 2.24) is 10.2 Å². The summed E-state index contributed by atoms with van der Waals surface area (Å²) in [5.41, 5.74) is -0.633. The van der Waals surface area contributed by atoms with Gasteiger partial charge in [0.25, 0.3) is 5.91 Å². The maximum atomic E-state index is 13.6. The van der Waals surface area contributed by atoms with E-state index < -0.39 is 23.1 Å². The zero-order chi connectivity index (χ0) is 15.3. The molecule has 4 nitrogen and oxygen atoms in total. The van der Waals surface area contributed by atoms with Crippen LogP contribution in [0.3, 0.4) is 0 Å². The molecule has 0 aliphatic rings. The van der Waals surface area contributed by atoms with Gasteiger partial charge in [-0.1, -0.05) is 6.07 Å². The molecule has 0 radical (unpaired) electrons. The molecule has 0 bridgehead atoms. The van der Waals surface area contributed by atoms with E-state index in [2.05, 4.69) is 5.32 Å². The number of likely N-dealkylation sites (N-methyl/N-ethyl adjacent to an activating group) is 1. The first-order chi connectivity index (χ1) is 9.36. The Morgan fingerprint density at radius 1 is 1.25 bits per heavy atom. The van der Waals surface area contributed by atoms with Crippen molar-refractivity contribution in [3.05, 3.63) is 35.4 Å². The minimum atomic E-state index is -0.933. The van der Waals surface area contributed by atoms with E-state index in [4.69, 9.17) is 0 Å². The summed E-state index contributed by atoms with van der Waals surface area (Å²) in [6, 6.07) is 3.14. The van der Waals surface area contributed by atoms with Crippen LogP contribution >= 0.6 is 0 Å². The van der Waals surface area contributed by atoms with Crippen molar-refractivity contribution in [2.45, 2.75) is 26.8 Å². The van der Waals surface area contributed by atoms with E-state index in [0.717, 1.165) is 17.0 Å². The zero-order valence-corrected chi connectivity index (χ0v) is 11.7. The number of halogens is 2. The molecule has 1 N–H and O–H groups in total. The standard InChI is InChI=1S/C14H18F2N2O2/c1-4-18(8-12(19)17-9(2)3)14(20)13-10(15)6-5-7-11(13)16/h5-7,9H,4,8H2,1-3H3,(H,17,19). The summed E-state index contributed by atoms with van der Waals surface area (Å²) in [4.78, 5) is 24.8. The van der Waals surface area contributed by atoms with Crippen molar-refractivity contribution in [3.8, 4) is 0 Å². The summed E-state index contributed by atoms with van der Waals surface area (Å²) in [7, 11) is 0. The third kappa shape index (κ3) is 4.01. The Morgan fingerprint density at radius 3 is 2.25 bits per heavy atom. The van der Waals surface area contributed by atoms with Crippen molar-refractivity contribution < 1.29 is 18.4 Å². The van der Waals surface area contributed by atoms with E-state index in [-0.39, 0.29) is 25.0 Å². The summed E-state index contributed by atoms with van der Waals surface area (Å²) in [5, 5.41) is 2.62. The molecule has 1 rings (SSSR count). The fraction of sp³-hybridized carbons (Fsp3) is 0.429. The Morgan fingerprint density at radius 2 is 1.80 bits per heavy atom. The molecule has 2 amide bonds. The van der Waals surface area contributed by atoms with E-state index in [0.29, 0.717) is 0 Å². The van der Waals surface area contributed by atoms with Crippen molar-refractivity contribution in [2.75, 3.05) is 13.1 Å². The molecular formula is C14H18F2N2O2. The Labute approximate surface area is 116 Å². The van der Waals surface area contributed by atoms with Crippen LogP contribution in [0, 0.1) is 11.6 Å². The lowest BCUT2D eigenvalue weighted by Gasteiger charge is -2.21. The van der Waals surface area contributed by atoms with Gasteiger partial charge in [-0.3, -0.25) is 9.59 Å². The minimum Gasteiger partial charge on any atom is -0.352 e. The molecule has 1 aromatic rings. The topological polar surface area (TPSA) is 49.4 Å². The van der Waals surface area contributed by atoms with Gasteiger partial charge in [-0.2, -0.15) is 0 Å². The minimum absolute atomic E-state index is 0.0681. The van der Waals surface area contributed by atoms with Crippen LogP contribution in [-0.2, 0) is 4.79 Å². The van der Waals surface area contributed by atoms with E-state index >= 15 is 0 Å². The Bertz CT molecular complexity index is 484. The average molecular weight is 284 g/mol. The number of nitrogens with zero attached hydrogens (tertiary/aromatic N) is 1. The molecule has 6 heteroatoms. The van der Waals surface area contributed by atoms with Crippen molar-refractivity contribution >= 4 is 11.8 Å². The first kappa shape index (κ1) is 16.1. The Hall–Kier alpha value is -1.98. The zero-order valence-electron chi connectivity index (χ0n) is 11.7. The molecule has 0 saturated heterocycles. The van der Waals surface area contributed by atoms with E-state index in [9.17, 15) is 18.4 Å². The highest BCUT2D eigenvalue weighted by Crippen LogP contribution is 2.14. The number of amides is 2. The molecule has 110 valence electrons. The molecule has 0 spiro atoms. The lowest BCUT2D eigenvalue weighted by Crippen LogP contribution is -2.43. The number of rotatable bonds is 5. The molecular weight excluding hydrogens is 266 g/mol. The van der Waals surface area contributed by atoms with Gasteiger partial charge in [0.2, 0.25) is 5.91 Å². The molecule has 0 saturated carbocycles. The molecule has 0 aromatic heterocycles. The van der Waals surface area contributed by atoms with Crippen molar-refractivity contribution in [3.63, 3.8) is 0 Å². The molecule has 0 aliphatic carbocycles. The smallest absolute Gasteiger partial charge is 0.260 e. The Balaban J connectivity index is 2.90. The van der Waals surface area contributed by atoms with Crippen molar-refractivity contribution in [1.29, 1.82) is 0 Å². The van der Waals surface area contributed by atoms with Gasteiger partial charge in [-0.15, -0.1) is 0 Å². The summed E-state index contributed by atoms with van der Waals surface area (Å²) >= 11 is 0. The third-order valence-corrected chi connectivity index (χ3v) is 2.63. The van der Waals surface area contributed by atoms with Gasteiger partial charge in [0.05, 0.1) is 6.54 Å². The van der Waals surface area contributed by atoms with Crippen LogP contribution in [-0.4, -0.2) is 35.8 Å². The molecule has 0 atom stereocenters. The van der Waals surface area contributed by atoms with Gasteiger partial charge in [0, 0.05) is 12.6 Å². The molecule has 20 heavy (non-hydrogen) atoms. The van der Waals surface area contributed by atoms with Gasteiger partial charge >= 0.3 is 0 Å². The van der Waals surface area contributed by atoms with Crippen LogP contribution in [0.5, 0.6) is 0 Å². The lowest BCUT2D eigenvalue weighted by molar-refractivity contribution is -0.122. The largest absolute Gasteiger partial charge is 0.352 e. The van der Waals surface area contributed by atoms with Crippen LogP contribution in [0.4, 0.5) is 8.78 Å². The summed E-state index contributed by atoms with van der Waals surface area (Å²) < 4.78 is 27.1. The summed E-state index contributed by atoms with van der Waals surface area (Å²) in [6.45, 7) is 5.15. The fourth-order valence-corrected chi connectivity index (χ4v) is 1.73. The van der Waals surface area contributed by atoms with Crippen LogP contribution < -0.4 is 5.32 Å². The first-order valence-electron chi connectivity index (χ1n) is 6.39. The number of carbonyl (C=O) groups is 2. The number of benzene rings is 1. The highest BCUT2D eigenvalue weighted by atomic mass is 19.1. The number of hydrogen-bond acceptors (Lipinski definition) is 2.